The van der Waals surface area contributed by atoms with Crippen LogP contribution in [0.25, 0.3) is 11.0 Å². The van der Waals surface area contributed by atoms with Gasteiger partial charge in [0.2, 0.25) is 0 Å². The number of hydrogen-bond donors (Lipinski definition) is 1. The highest BCUT2D eigenvalue weighted by Gasteiger charge is 2.57. The Morgan fingerprint density at radius 3 is 2.40 bits per heavy atom. The average molecular weight is 470 g/mol. The van der Waals surface area contributed by atoms with Crippen LogP contribution in [-0.2, 0) is 18.7 Å². The number of hydrogen-bond acceptors (Lipinski definition) is 7. The van der Waals surface area contributed by atoms with E-state index in [0.717, 1.165) is 30.3 Å². The maximum Gasteiger partial charge on any atom is 0.321 e. The predicted octanol–water partition coefficient (Wildman–Crippen LogP) is 4.15. The van der Waals surface area contributed by atoms with Crippen LogP contribution in [0.3, 0.4) is 0 Å². The van der Waals surface area contributed by atoms with E-state index in [9.17, 15) is 0 Å². The molecular formula is C27H31N7O. The minimum absolute atomic E-state index is 0.297. The van der Waals surface area contributed by atoms with E-state index in [1.54, 1.807) is 18.6 Å². The van der Waals surface area contributed by atoms with Gasteiger partial charge in [-0.25, -0.2) is 4.68 Å². The van der Waals surface area contributed by atoms with E-state index in [1.807, 2.05) is 16.8 Å². The van der Waals surface area contributed by atoms with Crippen LogP contribution < -0.4 is 10.5 Å². The summed E-state index contributed by atoms with van der Waals surface area (Å²) in [6.45, 7) is 6.22. The van der Waals surface area contributed by atoms with Gasteiger partial charge in [0.25, 0.3) is 0 Å². The lowest BCUT2D eigenvalue weighted by atomic mass is 10.1. The second-order valence-electron chi connectivity index (χ2n) is 9.77. The zero-order valence-electron chi connectivity index (χ0n) is 20.1. The van der Waals surface area contributed by atoms with E-state index in [1.165, 1.54) is 37.1 Å². The van der Waals surface area contributed by atoms with Crippen LogP contribution in [0.4, 0.5) is 5.82 Å². The summed E-state index contributed by atoms with van der Waals surface area (Å²) in [4.78, 5) is 15.9. The molecular weight excluding hydrogens is 438 g/mol. The number of nitrogen functional groups attached to an aromatic ring is 1. The monoisotopic (exact) mass is 469 g/mol. The average Bonchev–Trinajstić information content (AvgIpc) is 3.16. The number of benzene rings is 1. The maximum absolute atomic E-state index is 6.47. The topological polar surface area (TPSA) is 95.0 Å². The number of aromatic nitrogens is 5. The maximum atomic E-state index is 6.47. The first kappa shape index (κ1) is 22.0. The fourth-order valence-corrected chi connectivity index (χ4v) is 5.36. The summed E-state index contributed by atoms with van der Waals surface area (Å²) < 4.78 is 8.34. The van der Waals surface area contributed by atoms with Crippen molar-refractivity contribution in [3.8, 4) is 6.01 Å². The van der Waals surface area contributed by atoms with Gasteiger partial charge in [-0.2, -0.15) is 15.1 Å². The summed E-state index contributed by atoms with van der Waals surface area (Å²) in [7, 11) is 0. The Kier molecular flexibility index (Phi) is 5.60. The molecule has 0 bridgehead atoms. The van der Waals surface area contributed by atoms with Crippen molar-refractivity contribution < 1.29 is 4.74 Å². The number of anilines is 1. The molecule has 2 unspecified atom stereocenters. The molecule has 0 amide bonds. The molecule has 2 atom stereocenters. The van der Waals surface area contributed by atoms with Crippen molar-refractivity contribution in [2.24, 2.45) is 5.92 Å². The summed E-state index contributed by atoms with van der Waals surface area (Å²) in [5.74, 6) is 0.796. The third-order valence-corrected chi connectivity index (χ3v) is 7.45. The first-order valence-corrected chi connectivity index (χ1v) is 12.5. The van der Waals surface area contributed by atoms with E-state index in [2.05, 4.69) is 51.2 Å². The van der Waals surface area contributed by atoms with E-state index < -0.39 is 5.60 Å². The van der Waals surface area contributed by atoms with Crippen molar-refractivity contribution in [3.05, 3.63) is 71.7 Å². The van der Waals surface area contributed by atoms with Crippen LogP contribution in [0.5, 0.6) is 6.01 Å². The molecule has 2 N–H and O–H groups in total. The standard InChI is InChI=1S/C27H31N7O/c1-2-21-15-27(21,22-9-11-29-12-10-22)35-26-31-24(28)23-16-30-34(25(23)32-26)18-20-7-5-19(6-8-20)17-33-13-3-4-14-33/h5-12,16,21H,2-4,13-15,17-18H2,1H3,(H2,28,31,32). The van der Waals surface area contributed by atoms with Gasteiger partial charge in [-0.15, -0.1) is 0 Å². The molecule has 180 valence electrons. The molecule has 2 fully saturated rings. The van der Waals surface area contributed by atoms with Crippen molar-refractivity contribution in [1.29, 1.82) is 0 Å². The number of nitrogens with two attached hydrogens (primary N) is 1. The van der Waals surface area contributed by atoms with Crippen LogP contribution in [0, 0.1) is 5.92 Å². The molecule has 6 rings (SSSR count). The van der Waals surface area contributed by atoms with E-state index in [4.69, 9.17) is 15.5 Å². The van der Waals surface area contributed by atoms with Crippen LogP contribution in [0.15, 0.2) is 55.0 Å². The van der Waals surface area contributed by atoms with Gasteiger partial charge >= 0.3 is 6.01 Å². The molecule has 8 nitrogen and oxygen atoms in total. The van der Waals surface area contributed by atoms with Crippen molar-refractivity contribution in [2.75, 3.05) is 18.8 Å². The van der Waals surface area contributed by atoms with Gasteiger partial charge in [0.15, 0.2) is 5.65 Å². The lowest BCUT2D eigenvalue weighted by molar-refractivity contribution is 0.144. The van der Waals surface area contributed by atoms with Crippen molar-refractivity contribution in [2.45, 2.75) is 51.3 Å². The van der Waals surface area contributed by atoms with Gasteiger partial charge in [0.05, 0.1) is 18.1 Å². The quantitative estimate of drug-likeness (QED) is 0.414. The predicted molar refractivity (Wildman–Crippen MR) is 135 cm³/mol. The number of ether oxygens (including phenoxy) is 1. The van der Waals surface area contributed by atoms with Gasteiger partial charge in [0.1, 0.15) is 11.4 Å². The molecule has 1 aliphatic carbocycles. The molecule has 2 aliphatic rings. The van der Waals surface area contributed by atoms with Crippen molar-refractivity contribution in [1.82, 2.24) is 29.6 Å². The van der Waals surface area contributed by atoms with Gasteiger partial charge in [0, 0.05) is 24.9 Å². The number of nitrogens with zero attached hydrogens (tertiary/aromatic N) is 6. The number of pyridine rings is 1. The lowest BCUT2D eigenvalue weighted by Gasteiger charge is -2.19. The highest BCUT2D eigenvalue weighted by molar-refractivity contribution is 5.85. The van der Waals surface area contributed by atoms with Crippen LogP contribution in [0.1, 0.15) is 49.3 Å². The van der Waals surface area contributed by atoms with E-state index in [-0.39, 0.29) is 0 Å². The second kappa shape index (κ2) is 8.92. The molecule has 1 aromatic carbocycles. The van der Waals surface area contributed by atoms with Crippen LogP contribution in [0.2, 0.25) is 0 Å². The largest absolute Gasteiger partial charge is 0.452 e. The van der Waals surface area contributed by atoms with Crippen molar-refractivity contribution in [3.63, 3.8) is 0 Å². The number of fused-ring (bicyclic) bond motifs is 1. The smallest absolute Gasteiger partial charge is 0.321 e. The second-order valence-corrected chi connectivity index (χ2v) is 9.77. The zero-order chi connectivity index (χ0) is 23.8. The number of likely N-dealkylation sites (tertiary alicyclic amines) is 1. The fourth-order valence-electron chi connectivity index (χ4n) is 5.36. The fraction of sp³-hybridized carbons (Fsp3) is 0.407. The van der Waals surface area contributed by atoms with E-state index >= 15 is 0 Å². The Labute approximate surface area is 205 Å². The minimum atomic E-state index is -0.423. The summed E-state index contributed by atoms with van der Waals surface area (Å²) in [6.07, 6.45) is 9.91. The van der Waals surface area contributed by atoms with Gasteiger partial charge < -0.3 is 10.5 Å². The van der Waals surface area contributed by atoms with Crippen LogP contribution >= 0.6 is 0 Å². The molecule has 4 aromatic rings. The molecule has 1 saturated carbocycles. The Morgan fingerprint density at radius 1 is 1.00 bits per heavy atom. The molecule has 35 heavy (non-hydrogen) atoms. The molecule has 1 saturated heterocycles. The third kappa shape index (κ3) is 4.23. The summed E-state index contributed by atoms with van der Waals surface area (Å²) in [5.41, 5.74) is 10.2. The Bertz CT molecular complexity index is 1310. The molecule has 1 aliphatic heterocycles. The highest BCUT2D eigenvalue weighted by atomic mass is 16.5. The molecule has 3 aromatic heterocycles. The molecule has 4 heterocycles. The van der Waals surface area contributed by atoms with Gasteiger partial charge in [-0.1, -0.05) is 31.2 Å². The normalized spacial score (nSPS) is 22.0. The number of rotatable bonds is 8. The Hall–Kier alpha value is -3.52. The summed E-state index contributed by atoms with van der Waals surface area (Å²) >= 11 is 0. The summed E-state index contributed by atoms with van der Waals surface area (Å²) in [5, 5.41) is 5.30. The highest BCUT2D eigenvalue weighted by Crippen LogP contribution is 2.56. The summed E-state index contributed by atoms with van der Waals surface area (Å²) in [6, 6.07) is 13.1. The zero-order valence-corrected chi connectivity index (χ0v) is 20.1. The Balaban J connectivity index is 1.24. The molecule has 0 radical (unpaired) electrons. The van der Waals surface area contributed by atoms with E-state index in [0.29, 0.717) is 29.9 Å². The van der Waals surface area contributed by atoms with Crippen molar-refractivity contribution >= 4 is 16.9 Å². The molecule has 8 heteroatoms. The Morgan fingerprint density at radius 2 is 1.71 bits per heavy atom. The SMILES string of the molecule is CCC1CC1(Oc1nc(N)c2cnn(Cc3ccc(CN4CCCC4)cc3)c2n1)c1ccncc1. The lowest BCUT2D eigenvalue weighted by Crippen LogP contribution is -2.21. The van der Waals surface area contributed by atoms with Gasteiger partial charge in [-0.3, -0.25) is 9.88 Å². The third-order valence-electron chi connectivity index (χ3n) is 7.45. The first-order chi connectivity index (χ1) is 17.1. The minimum Gasteiger partial charge on any atom is -0.452 e. The molecule has 0 spiro atoms. The first-order valence-electron chi connectivity index (χ1n) is 12.5. The van der Waals surface area contributed by atoms with Gasteiger partial charge in [-0.05, 0) is 67.6 Å². The van der Waals surface area contributed by atoms with Crippen LogP contribution in [-0.4, -0.2) is 42.7 Å².